The molecule has 0 bridgehead atoms. The molecule has 2 rings (SSSR count). The van der Waals surface area contributed by atoms with Gasteiger partial charge in [-0.25, -0.2) is 14.8 Å². The lowest BCUT2D eigenvalue weighted by Gasteiger charge is -2.37. The van der Waals surface area contributed by atoms with E-state index in [4.69, 9.17) is 5.11 Å². The summed E-state index contributed by atoms with van der Waals surface area (Å²) in [5, 5.41) is 18.7. The highest BCUT2D eigenvalue weighted by atomic mass is 16.4. The van der Waals surface area contributed by atoms with Gasteiger partial charge in [0, 0.05) is 20.1 Å². The summed E-state index contributed by atoms with van der Waals surface area (Å²) in [7, 11) is 1.57. The largest absolute Gasteiger partial charge is 0.492 e. The number of nitrogens with zero attached hydrogens (tertiary/aromatic N) is 4. The van der Waals surface area contributed by atoms with Crippen LogP contribution in [0.4, 0.5) is 10.5 Å². The maximum atomic E-state index is 10.9. The Kier molecular flexibility index (Phi) is 3.50. The Morgan fingerprint density at radius 2 is 2.39 bits per heavy atom. The van der Waals surface area contributed by atoms with Crippen molar-refractivity contribution >= 4 is 11.8 Å². The number of likely N-dealkylation sites (N-methyl/N-ethyl adjacent to an activating group) is 1. The van der Waals surface area contributed by atoms with Crippen LogP contribution < -0.4 is 4.90 Å². The lowest BCUT2D eigenvalue weighted by atomic mass is 10.0. The maximum absolute atomic E-state index is 10.9. The fraction of sp³-hybridized carbons (Fsp3) is 0.545. The number of hydrogen-bond donors (Lipinski definition) is 2. The number of piperidine rings is 1. The molecule has 1 aromatic rings. The molecule has 1 fully saturated rings. The predicted molar refractivity (Wildman–Crippen MR) is 64.7 cm³/mol. The zero-order chi connectivity index (χ0) is 13.1. The number of aromatic nitrogens is 2. The molecule has 0 aliphatic carbocycles. The van der Waals surface area contributed by atoms with Crippen molar-refractivity contribution in [2.45, 2.75) is 18.9 Å². The molecule has 1 aromatic heterocycles. The van der Waals surface area contributed by atoms with Gasteiger partial charge in [0.15, 0.2) is 0 Å². The maximum Gasteiger partial charge on any atom is 0.407 e. The highest BCUT2D eigenvalue weighted by Gasteiger charge is 2.27. The van der Waals surface area contributed by atoms with E-state index in [1.54, 1.807) is 13.2 Å². The minimum Gasteiger partial charge on any atom is -0.492 e. The summed E-state index contributed by atoms with van der Waals surface area (Å²) in [6, 6.07) is -0.0733. The third-order valence-electron chi connectivity index (χ3n) is 3.26. The standard InChI is InChI=1S/C11H16N4O3/c1-14(11(17)18)8-3-2-4-15(6-8)9-5-12-7-13-10(9)16/h5,7-8H,2-4,6H2,1H3,(H,17,18)(H,12,13,16). The van der Waals surface area contributed by atoms with Crippen molar-refractivity contribution in [3.63, 3.8) is 0 Å². The molecule has 0 aromatic carbocycles. The molecule has 0 saturated carbocycles. The molecule has 1 aliphatic heterocycles. The molecule has 0 spiro atoms. The SMILES string of the molecule is CN(C(=O)O)C1CCCN(c2cncnc2O)C1. The van der Waals surface area contributed by atoms with E-state index in [1.807, 2.05) is 4.90 Å². The van der Waals surface area contributed by atoms with Crippen LogP contribution in [0.25, 0.3) is 0 Å². The summed E-state index contributed by atoms with van der Waals surface area (Å²) in [6.07, 6.45) is 3.59. The van der Waals surface area contributed by atoms with Crippen molar-refractivity contribution in [3.05, 3.63) is 12.5 Å². The molecular weight excluding hydrogens is 236 g/mol. The van der Waals surface area contributed by atoms with Gasteiger partial charge < -0.3 is 20.0 Å². The van der Waals surface area contributed by atoms with Crippen LogP contribution >= 0.6 is 0 Å². The van der Waals surface area contributed by atoms with Gasteiger partial charge >= 0.3 is 6.09 Å². The zero-order valence-corrected chi connectivity index (χ0v) is 10.2. The highest BCUT2D eigenvalue weighted by molar-refractivity contribution is 5.65. The van der Waals surface area contributed by atoms with E-state index in [0.29, 0.717) is 12.2 Å². The van der Waals surface area contributed by atoms with Gasteiger partial charge in [0.1, 0.15) is 12.0 Å². The number of carboxylic acid groups (broad SMARTS) is 1. The highest BCUT2D eigenvalue weighted by Crippen LogP contribution is 2.27. The van der Waals surface area contributed by atoms with Crippen molar-refractivity contribution in [2.75, 3.05) is 25.0 Å². The van der Waals surface area contributed by atoms with Gasteiger partial charge in [-0.1, -0.05) is 0 Å². The summed E-state index contributed by atoms with van der Waals surface area (Å²) in [5.41, 5.74) is 0.556. The van der Waals surface area contributed by atoms with Crippen LogP contribution in [0.5, 0.6) is 5.88 Å². The zero-order valence-electron chi connectivity index (χ0n) is 10.2. The molecule has 1 saturated heterocycles. The van der Waals surface area contributed by atoms with Gasteiger partial charge in [0.05, 0.1) is 12.2 Å². The molecule has 1 amide bonds. The van der Waals surface area contributed by atoms with Gasteiger partial charge in [-0.3, -0.25) is 0 Å². The van der Waals surface area contributed by atoms with Crippen molar-refractivity contribution in [1.82, 2.24) is 14.9 Å². The Labute approximate surface area is 105 Å². The number of anilines is 1. The second-order valence-electron chi connectivity index (χ2n) is 4.37. The van der Waals surface area contributed by atoms with Crippen molar-refractivity contribution in [2.24, 2.45) is 0 Å². The minimum absolute atomic E-state index is 0.0661. The van der Waals surface area contributed by atoms with Gasteiger partial charge in [0.2, 0.25) is 5.88 Å². The Morgan fingerprint density at radius 3 is 3.06 bits per heavy atom. The monoisotopic (exact) mass is 252 g/mol. The topological polar surface area (TPSA) is 89.8 Å². The minimum atomic E-state index is -0.935. The predicted octanol–water partition coefficient (Wildman–Crippen LogP) is 0.761. The van der Waals surface area contributed by atoms with Crippen LogP contribution in [0, 0.1) is 0 Å². The molecule has 18 heavy (non-hydrogen) atoms. The fourth-order valence-corrected chi connectivity index (χ4v) is 2.18. The quantitative estimate of drug-likeness (QED) is 0.807. The first-order chi connectivity index (χ1) is 8.59. The average Bonchev–Trinajstić information content (AvgIpc) is 2.38. The van der Waals surface area contributed by atoms with Gasteiger partial charge in [-0.2, -0.15) is 0 Å². The molecule has 0 radical (unpaired) electrons. The molecule has 7 nitrogen and oxygen atoms in total. The first kappa shape index (κ1) is 12.4. The Morgan fingerprint density at radius 1 is 1.61 bits per heavy atom. The molecule has 1 unspecified atom stereocenters. The lowest BCUT2D eigenvalue weighted by Crippen LogP contribution is -2.48. The smallest absolute Gasteiger partial charge is 0.407 e. The van der Waals surface area contributed by atoms with Crippen LogP contribution in [0.1, 0.15) is 12.8 Å². The molecule has 1 aliphatic rings. The third-order valence-corrected chi connectivity index (χ3v) is 3.26. The normalized spacial score (nSPS) is 19.6. The molecule has 7 heteroatoms. The van der Waals surface area contributed by atoms with E-state index in [-0.39, 0.29) is 11.9 Å². The first-order valence-corrected chi connectivity index (χ1v) is 5.79. The fourth-order valence-electron chi connectivity index (χ4n) is 2.18. The average molecular weight is 252 g/mol. The second-order valence-corrected chi connectivity index (χ2v) is 4.37. The van der Waals surface area contributed by atoms with Crippen molar-refractivity contribution in [1.29, 1.82) is 0 Å². The summed E-state index contributed by atoms with van der Waals surface area (Å²) < 4.78 is 0. The summed E-state index contributed by atoms with van der Waals surface area (Å²) in [5.74, 6) is -0.0661. The Balaban J connectivity index is 2.12. The van der Waals surface area contributed by atoms with E-state index in [1.165, 1.54) is 11.2 Å². The van der Waals surface area contributed by atoms with Gasteiger partial charge in [0.25, 0.3) is 0 Å². The first-order valence-electron chi connectivity index (χ1n) is 5.79. The van der Waals surface area contributed by atoms with Crippen LogP contribution in [0.15, 0.2) is 12.5 Å². The number of hydrogen-bond acceptors (Lipinski definition) is 5. The molecule has 2 N–H and O–H groups in total. The van der Waals surface area contributed by atoms with Crippen LogP contribution in [-0.2, 0) is 0 Å². The van der Waals surface area contributed by atoms with Crippen LogP contribution in [0.2, 0.25) is 0 Å². The molecule has 1 atom stereocenters. The van der Waals surface area contributed by atoms with Crippen molar-refractivity contribution < 1.29 is 15.0 Å². The van der Waals surface area contributed by atoms with Gasteiger partial charge in [-0.05, 0) is 12.8 Å². The number of amides is 1. The number of rotatable bonds is 2. The van der Waals surface area contributed by atoms with Crippen molar-refractivity contribution in [3.8, 4) is 5.88 Å². The number of carbonyl (C=O) groups is 1. The molecular formula is C11H16N4O3. The summed E-state index contributed by atoms with van der Waals surface area (Å²) in [4.78, 5) is 21.8. The lowest BCUT2D eigenvalue weighted by molar-refractivity contribution is 0.133. The number of aromatic hydroxyl groups is 1. The summed E-state index contributed by atoms with van der Waals surface area (Å²) in [6.45, 7) is 1.31. The van der Waals surface area contributed by atoms with E-state index < -0.39 is 6.09 Å². The molecule has 2 heterocycles. The van der Waals surface area contributed by atoms with E-state index in [0.717, 1.165) is 19.4 Å². The Bertz CT molecular complexity index is 440. The van der Waals surface area contributed by atoms with E-state index in [2.05, 4.69) is 9.97 Å². The van der Waals surface area contributed by atoms with Crippen LogP contribution in [0.3, 0.4) is 0 Å². The second kappa shape index (κ2) is 5.07. The van der Waals surface area contributed by atoms with E-state index >= 15 is 0 Å². The summed E-state index contributed by atoms with van der Waals surface area (Å²) >= 11 is 0. The van der Waals surface area contributed by atoms with Crippen LogP contribution in [-0.4, -0.2) is 57.4 Å². The third kappa shape index (κ3) is 2.44. The van der Waals surface area contributed by atoms with E-state index in [9.17, 15) is 9.90 Å². The molecule has 98 valence electrons. The Hall–Kier alpha value is -2.05. The van der Waals surface area contributed by atoms with Gasteiger partial charge in [-0.15, -0.1) is 0 Å².